The Morgan fingerprint density at radius 1 is 1.12 bits per heavy atom. The van der Waals surface area contributed by atoms with E-state index in [1.165, 1.54) is 0 Å². The van der Waals surface area contributed by atoms with Crippen molar-refractivity contribution in [3.05, 3.63) is 59.1 Å². The highest BCUT2D eigenvalue weighted by atomic mass is 35.5. The number of rotatable bonds is 4. The average Bonchev–Trinajstić information content (AvgIpc) is 2.38. The Morgan fingerprint density at radius 3 is 2.71 bits per heavy atom. The fourth-order valence-electron chi connectivity index (χ4n) is 1.57. The highest BCUT2D eigenvalue weighted by molar-refractivity contribution is 6.31. The number of halogens is 1. The van der Waals surface area contributed by atoms with Crippen molar-refractivity contribution in [3.63, 3.8) is 0 Å². The monoisotopic (exact) mass is 247 g/mol. The largest absolute Gasteiger partial charge is 0.497 e. The van der Waals surface area contributed by atoms with Gasteiger partial charge in [-0.2, -0.15) is 0 Å². The predicted molar refractivity (Wildman–Crippen MR) is 71.8 cm³/mol. The summed E-state index contributed by atoms with van der Waals surface area (Å²) in [5.41, 5.74) is 2.10. The zero-order valence-electron chi connectivity index (χ0n) is 9.61. The summed E-state index contributed by atoms with van der Waals surface area (Å²) in [5.74, 6) is 0.842. The Hall–Kier alpha value is -1.67. The molecule has 0 saturated heterocycles. The first kappa shape index (κ1) is 11.8. The molecular formula is C14H14ClNO. The quantitative estimate of drug-likeness (QED) is 0.883. The number of hydrogen-bond acceptors (Lipinski definition) is 2. The zero-order valence-corrected chi connectivity index (χ0v) is 10.4. The molecule has 2 rings (SSSR count). The van der Waals surface area contributed by atoms with E-state index in [-0.39, 0.29) is 0 Å². The number of anilines is 1. The molecule has 0 radical (unpaired) electrons. The van der Waals surface area contributed by atoms with Gasteiger partial charge in [0.25, 0.3) is 0 Å². The lowest BCUT2D eigenvalue weighted by Gasteiger charge is -2.09. The molecule has 0 saturated carbocycles. The summed E-state index contributed by atoms with van der Waals surface area (Å²) in [6.45, 7) is 0.701. The van der Waals surface area contributed by atoms with E-state index in [9.17, 15) is 0 Å². The van der Waals surface area contributed by atoms with Crippen molar-refractivity contribution >= 4 is 17.3 Å². The summed E-state index contributed by atoms with van der Waals surface area (Å²) in [6.07, 6.45) is 0. The number of nitrogens with one attached hydrogen (secondary N) is 1. The lowest BCUT2D eigenvalue weighted by molar-refractivity contribution is 0.415. The Balaban J connectivity index is 2.05. The molecule has 88 valence electrons. The van der Waals surface area contributed by atoms with Crippen LogP contribution in [-0.4, -0.2) is 7.11 Å². The SMILES string of the molecule is COc1cccc(NCc2ccccc2Cl)c1. The van der Waals surface area contributed by atoms with Crippen LogP contribution < -0.4 is 10.1 Å². The van der Waals surface area contributed by atoms with Crippen molar-refractivity contribution in [1.82, 2.24) is 0 Å². The highest BCUT2D eigenvalue weighted by Crippen LogP contribution is 2.19. The second-order valence-electron chi connectivity index (χ2n) is 3.68. The molecule has 2 nitrogen and oxygen atoms in total. The third-order valence-corrected chi connectivity index (χ3v) is 2.88. The van der Waals surface area contributed by atoms with Gasteiger partial charge in [-0.15, -0.1) is 0 Å². The maximum atomic E-state index is 6.08. The second kappa shape index (κ2) is 5.60. The van der Waals surface area contributed by atoms with Crippen molar-refractivity contribution in [2.75, 3.05) is 12.4 Å². The molecule has 0 aliphatic carbocycles. The lowest BCUT2D eigenvalue weighted by Crippen LogP contribution is -1.99. The second-order valence-corrected chi connectivity index (χ2v) is 4.08. The van der Waals surface area contributed by atoms with E-state index in [0.717, 1.165) is 22.0 Å². The van der Waals surface area contributed by atoms with E-state index in [1.807, 2.05) is 48.5 Å². The van der Waals surface area contributed by atoms with Crippen molar-refractivity contribution in [2.45, 2.75) is 6.54 Å². The normalized spacial score (nSPS) is 10.0. The van der Waals surface area contributed by atoms with Gasteiger partial charge in [-0.25, -0.2) is 0 Å². The molecule has 17 heavy (non-hydrogen) atoms. The van der Waals surface area contributed by atoms with Crippen LogP contribution in [0.15, 0.2) is 48.5 Å². The first-order valence-corrected chi connectivity index (χ1v) is 5.79. The Morgan fingerprint density at radius 2 is 1.94 bits per heavy atom. The molecule has 3 heteroatoms. The van der Waals surface area contributed by atoms with Crippen LogP contribution in [0, 0.1) is 0 Å². The van der Waals surface area contributed by atoms with E-state index in [4.69, 9.17) is 16.3 Å². The molecule has 0 aliphatic rings. The zero-order chi connectivity index (χ0) is 12.1. The third kappa shape index (κ3) is 3.14. The maximum Gasteiger partial charge on any atom is 0.120 e. The van der Waals surface area contributed by atoms with Crippen LogP contribution in [0.4, 0.5) is 5.69 Å². The minimum absolute atomic E-state index is 0.701. The molecule has 0 aromatic heterocycles. The smallest absolute Gasteiger partial charge is 0.120 e. The topological polar surface area (TPSA) is 21.3 Å². The molecule has 1 N–H and O–H groups in total. The van der Waals surface area contributed by atoms with Gasteiger partial charge in [-0.05, 0) is 23.8 Å². The Kier molecular flexibility index (Phi) is 3.89. The van der Waals surface area contributed by atoms with Crippen LogP contribution >= 0.6 is 11.6 Å². The molecule has 0 unspecified atom stereocenters. The van der Waals surface area contributed by atoms with Crippen molar-refractivity contribution in [2.24, 2.45) is 0 Å². The van der Waals surface area contributed by atoms with Crippen LogP contribution in [0.2, 0.25) is 5.02 Å². The summed E-state index contributed by atoms with van der Waals surface area (Å²) in [7, 11) is 1.66. The number of methoxy groups -OCH3 is 1. The van der Waals surface area contributed by atoms with Crippen LogP contribution in [-0.2, 0) is 6.54 Å². The summed E-state index contributed by atoms with van der Waals surface area (Å²) < 4.78 is 5.16. The van der Waals surface area contributed by atoms with Gasteiger partial charge in [-0.3, -0.25) is 0 Å². The molecule has 0 bridgehead atoms. The maximum absolute atomic E-state index is 6.08. The Labute approximate surface area is 106 Å². The van der Waals surface area contributed by atoms with Gasteiger partial charge in [0.05, 0.1) is 7.11 Å². The summed E-state index contributed by atoms with van der Waals surface area (Å²) in [6, 6.07) is 15.6. The van der Waals surface area contributed by atoms with Crippen LogP contribution in [0.5, 0.6) is 5.75 Å². The van der Waals surface area contributed by atoms with Gasteiger partial charge >= 0.3 is 0 Å². The van der Waals surface area contributed by atoms with Crippen LogP contribution in [0.25, 0.3) is 0 Å². The molecule has 2 aromatic carbocycles. The molecule has 0 spiro atoms. The molecule has 2 aromatic rings. The van der Waals surface area contributed by atoms with Crippen molar-refractivity contribution in [3.8, 4) is 5.75 Å². The van der Waals surface area contributed by atoms with Crippen molar-refractivity contribution < 1.29 is 4.74 Å². The van der Waals surface area contributed by atoms with Gasteiger partial charge in [-0.1, -0.05) is 35.9 Å². The van der Waals surface area contributed by atoms with Gasteiger partial charge in [0.15, 0.2) is 0 Å². The third-order valence-electron chi connectivity index (χ3n) is 2.51. The molecular weight excluding hydrogens is 234 g/mol. The van der Waals surface area contributed by atoms with E-state index < -0.39 is 0 Å². The lowest BCUT2D eigenvalue weighted by atomic mass is 10.2. The van der Waals surface area contributed by atoms with E-state index >= 15 is 0 Å². The first-order chi connectivity index (χ1) is 8.29. The molecule has 0 amide bonds. The number of benzene rings is 2. The van der Waals surface area contributed by atoms with Gasteiger partial charge in [0, 0.05) is 23.3 Å². The predicted octanol–water partition coefficient (Wildman–Crippen LogP) is 3.96. The average molecular weight is 248 g/mol. The number of ether oxygens (including phenoxy) is 1. The summed E-state index contributed by atoms with van der Waals surface area (Å²) >= 11 is 6.08. The van der Waals surface area contributed by atoms with E-state index in [0.29, 0.717) is 6.54 Å². The van der Waals surface area contributed by atoms with Gasteiger partial charge in [0.2, 0.25) is 0 Å². The number of hydrogen-bond donors (Lipinski definition) is 1. The molecule has 0 atom stereocenters. The Bertz CT molecular complexity index is 499. The summed E-state index contributed by atoms with van der Waals surface area (Å²) in [5, 5.41) is 4.09. The highest BCUT2D eigenvalue weighted by Gasteiger charge is 1.99. The minimum atomic E-state index is 0.701. The van der Waals surface area contributed by atoms with Crippen molar-refractivity contribution in [1.29, 1.82) is 0 Å². The van der Waals surface area contributed by atoms with Gasteiger partial charge < -0.3 is 10.1 Å². The summed E-state index contributed by atoms with van der Waals surface area (Å²) in [4.78, 5) is 0. The van der Waals surface area contributed by atoms with Crippen LogP contribution in [0.3, 0.4) is 0 Å². The molecule has 0 fully saturated rings. The van der Waals surface area contributed by atoms with E-state index in [2.05, 4.69) is 5.32 Å². The standard InChI is InChI=1S/C14H14ClNO/c1-17-13-7-4-6-12(9-13)16-10-11-5-2-3-8-14(11)15/h2-9,16H,10H2,1H3. The first-order valence-electron chi connectivity index (χ1n) is 5.41. The van der Waals surface area contributed by atoms with E-state index in [1.54, 1.807) is 7.11 Å². The van der Waals surface area contributed by atoms with Crippen LogP contribution in [0.1, 0.15) is 5.56 Å². The fraction of sp³-hybridized carbons (Fsp3) is 0.143. The minimum Gasteiger partial charge on any atom is -0.497 e. The van der Waals surface area contributed by atoms with Gasteiger partial charge in [0.1, 0.15) is 5.75 Å². The molecule has 0 heterocycles. The molecule has 0 aliphatic heterocycles. The fourth-order valence-corrected chi connectivity index (χ4v) is 1.77.